The van der Waals surface area contributed by atoms with Gasteiger partial charge in [-0.05, 0) is 68.1 Å². The predicted octanol–water partition coefficient (Wildman–Crippen LogP) is 3.56. The highest BCUT2D eigenvalue weighted by atomic mass is 35.5. The molecule has 1 aliphatic heterocycles. The van der Waals surface area contributed by atoms with Gasteiger partial charge in [-0.25, -0.2) is 0 Å². The molecule has 0 unspecified atom stereocenters. The van der Waals surface area contributed by atoms with E-state index < -0.39 is 6.10 Å². The molecule has 0 saturated heterocycles. The number of aliphatic hydroxyl groups excluding tert-OH is 1. The van der Waals surface area contributed by atoms with E-state index in [4.69, 9.17) is 25.8 Å². The Bertz CT molecular complexity index is 785. The summed E-state index contributed by atoms with van der Waals surface area (Å²) in [4.78, 5) is 0. The van der Waals surface area contributed by atoms with Crippen LogP contribution in [0, 0.1) is 0 Å². The third-order valence-electron chi connectivity index (χ3n) is 5.14. The van der Waals surface area contributed by atoms with Gasteiger partial charge in [-0.1, -0.05) is 23.7 Å². The molecule has 0 amide bonds. The molecule has 0 aromatic heterocycles. The summed E-state index contributed by atoms with van der Waals surface area (Å²) >= 11 is 6.02. The Hall–Kier alpha value is -1.95. The monoisotopic (exact) mass is 389 g/mol. The molecule has 27 heavy (non-hydrogen) atoms. The van der Waals surface area contributed by atoms with Crippen molar-refractivity contribution in [3.63, 3.8) is 0 Å². The first-order valence-electron chi connectivity index (χ1n) is 9.41. The van der Waals surface area contributed by atoms with Gasteiger partial charge < -0.3 is 24.6 Å². The molecule has 3 atom stereocenters. The summed E-state index contributed by atoms with van der Waals surface area (Å²) in [6.45, 7) is 1.07. The van der Waals surface area contributed by atoms with E-state index in [-0.39, 0.29) is 12.1 Å². The van der Waals surface area contributed by atoms with Gasteiger partial charge in [0.15, 0.2) is 11.5 Å². The molecule has 1 aliphatic carbocycles. The molecule has 2 aromatic carbocycles. The second-order valence-electron chi connectivity index (χ2n) is 7.03. The number of ether oxygens (including phenoxy) is 3. The largest absolute Gasteiger partial charge is 0.488 e. The Morgan fingerprint density at radius 3 is 2.89 bits per heavy atom. The highest BCUT2D eigenvalue weighted by molar-refractivity contribution is 6.30. The quantitative estimate of drug-likeness (QED) is 0.791. The Labute approximate surface area is 164 Å². The molecule has 144 valence electrons. The first-order valence-corrected chi connectivity index (χ1v) is 9.79. The Balaban J connectivity index is 1.29. The molecule has 2 N–H and O–H groups in total. The van der Waals surface area contributed by atoms with Crippen LogP contribution in [-0.2, 0) is 6.42 Å². The first kappa shape index (κ1) is 18.4. The minimum Gasteiger partial charge on any atom is -0.488 e. The van der Waals surface area contributed by atoms with Gasteiger partial charge in [-0.3, -0.25) is 0 Å². The van der Waals surface area contributed by atoms with Gasteiger partial charge in [0.05, 0.1) is 0 Å². The number of benzene rings is 2. The summed E-state index contributed by atoms with van der Waals surface area (Å²) < 4.78 is 16.8. The zero-order valence-electron chi connectivity index (χ0n) is 15.1. The van der Waals surface area contributed by atoms with Gasteiger partial charge in [-0.2, -0.15) is 0 Å². The molecule has 5 nitrogen and oxygen atoms in total. The summed E-state index contributed by atoms with van der Waals surface area (Å²) in [6.07, 6.45) is 2.89. The van der Waals surface area contributed by atoms with E-state index in [1.54, 1.807) is 6.07 Å². The molecule has 1 saturated carbocycles. The van der Waals surface area contributed by atoms with Crippen LogP contribution in [0.4, 0.5) is 0 Å². The second-order valence-corrected chi connectivity index (χ2v) is 7.47. The number of nitrogens with one attached hydrogen (secondary N) is 1. The molecule has 1 fully saturated rings. The van der Waals surface area contributed by atoms with Gasteiger partial charge in [0.25, 0.3) is 0 Å². The smallest absolute Gasteiger partial charge is 0.231 e. The molecule has 0 bridgehead atoms. The lowest BCUT2D eigenvalue weighted by atomic mass is 9.89. The van der Waals surface area contributed by atoms with E-state index in [0.717, 1.165) is 43.7 Å². The van der Waals surface area contributed by atoms with Crippen molar-refractivity contribution >= 4 is 11.6 Å². The van der Waals surface area contributed by atoms with Crippen molar-refractivity contribution in [3.05, 3.63) is 53.1 Å². The molecular formula is C21H24ClNO4. The van der Waals surface area contributed by atoms with Crippen LogP contribution in [0.1, 0.15) is 24.8 Å². The molecule has 2 aromatic rings. The molecule has 2 aliphatic rings. The third-order valence-corrected chi connectivity index (χ3v) is 5.37. The van der Waals surface area contributed by atoms with Crippen molar-refractivity contribution < 1.29 is 19.3 Å². The molecular weight excluding hydrogens is 366 g/mol. The second kappa shape index (κ2) is 8.38. The fourth-order valence-corrected chi connectivity index (χ4v) is 3.88. The van der Waals surface area contributed by atoms with Crippen molar-refractivity contribution in [2.45, 2.75) is 43.9 Å². The average molecular weight is 390 g/mol. The van der Waals surface area contributed by atoms with E-state index in [0.29, 0.717) is 17.6 Å². The van der Waals surface area contributed by atoms with Crippen molar-refractivity contribution in [1.82, 2.24) is 5.32 Å². The zero-order valence-corrected chi connectivity index (χ0v) is 15.8. The fourth-order valence-electron chi connectivity index (χ4n) is 3.70. The van der Waals surface area contributed by atoms with Gasteiger partial charge in [-0.15, -0.1) is 0 Å². The van der Waals surface area contributed by atoms with Crippen molar-refractivity contribution in [2.75, 3.05) is 13.3 Å². The normalized spacial score (nSPS) is 24.0. The highest BCUT2D eigenvalue weighted by Crippen LogP contribution is 2.32. The minimum atomic E-state index is -0.547. The first-order chi connectivity index (χ1) is 13.2. The van der Waals surface area contributed by atoms with Gasteiger partial charge in [0, 0.05) is 11.1 Å². The van der Waals surface area contributed by atoms with Crippen LogP contribution in [0.5, 0.6) is 17.2 Å². The van der Waals surface area contributed by atoms with Crippen molar-refractivity contribution in [3.8, 4) is 17.2 Å². The number of hydrogen-bond acceptors (Lipinski definition) is 5. The number of fused-ring (bicyclic) bond motifs is 1. The highest BCUT2D eigenvalue weighted by Gasteiger charge is 2.33. The van der Waals surface area contributed by atoms with Gasteiger partial charge >= 0.3 is 0 Å². The summed E-state index contributed by atoms with van der Waals surface area (Å²) in [6, 6.07) is 13.4. The Kier molecular flexibility index (Phi) is 5.72. The van der Waals surface area contributed by atoms with E-state index in [1.165, 1.54) is 5.56 Å². The zero-order chi connectivity index (χ0) is 18.6. The summed E-state index contributed by atoms with van der Waals surface area (Å²) in [7, 11) is 0. The minimum absolute atomic E-state index is 0.0249. The molecule has 0 radical (unpaired) electrons. The van der Waals surface area contributed by atoms with Gasteiger partial charge in [0.1, 0.15) is 18.0 Å². The van der Waals surface area contributed by atoms with Crippen LogP contribution in [0.3, 0.4) is 0 Å². The summed E-state index contributed by atoms with van der Waals surface area (Å²) in [5.41, 5.74) is 1.18. The van der Waals surface area contributed by atoms with Crippen LogP contribution < -0.4 is 19.5 Å². The van der Waals surface area contributed by atoms with Crippen molar-refractivity contribution in [2.24, 2.45) is 0 Å². The predicted molar refractivity (Wildman–Crippen MR) is 104 cm³/mol. The Morgan fingerprint density at radius 2 is 2.00 bits per heavy atom. The molecule has 6 heteroatoms. The molecule has 1 heterocycles. The van der Waals surface area contributed by atoms with Gasteiger partial charge in [0.2, 0.25) is 6.79 Å². The number of halogens is 1. The lowest BCUT2D eigenvalue weighted by molar-refractivity contribution is -0.0151. The van der Waals surface area contributed by atoms with Crippen molar-refractivity contribution in [1.29, 1.82) is 0 Å². The van der Waals surface area contributed by atoms with E-state index >= 15 is 0 Å². The average Bonchev–Trinajstić information content (AvgIpc) is 3.13. The lowest BCUT2D eigenvalue weighted by Gasteiger charge is -2.35. The topological polar surface area (TPSA) is 60.0 Å². The van der Waals surface area contributed by atoms with E-state index in [1.807, 2.05) is 30.3 Å². The maximum absolute atomic E-state index is 10.7. The standard InChI is InChI=1S/C21H24ClNO4/c22-15-3-1-4-16(12-15)27-19-6-2-5-17(21(19)24)23-10-9-14-7-8-18-20(11-14)26-13-25-18/h1,3-4,7-8,11-12,17,19,21,23-24H,2,5-6,9-10,13H2/t17-,19+,21+/m0/s1. The van der Waals surface area contributed by atoms with Crippen LogP contribution in [0.2, 0.25) is 5.02 Å². The third kappa shape index (κ3) is 4.49. The molecule has 4 rings (SSSR count). The van der Waals surface area contributed by atoms with Crippen LogP contribution in [-0.4, -0.2) is 36.7 Å². The Morgan fingerprint density at radius 1 is 1.11 bits per heavy atom. The summed E-state index contributed by atoms with van der Waals surface area (Å²) in [5.74, 6) is 2.31. The van der Waals surface area contributed by atoms with E-state index in [2.05, 4.69) is 11.4 Å². The number of aliphatic hydroxyl groups is 1. The lowest BCUT2D eigenvalue weighted by Crippen LogP contribution is -2.51. The van der Waals surface area contributed by atoms with Crippen LogP contribution in [0.25, 0.3) is 0 Å². The van der Waals surface area contributed by atoms with E-state index in [9.17, 15) is 5.11 Å². The number of hydrogen-bond donors (Lipinski definition) is 2. The SMILES string of the molecule is O[C@@H]1[C@@H](NCCc2ccc3c(c2)OCO3)CCC[C@H]1Oc1cccc(Cl)c1. The fraction of sp³-hybridized carbons (Fsp3) is 0.429. The maximum atomic E-state index is 10.7. The molecule has 0 spiro atoms. The number of rotatable bonds is 6. The maximum Gasteiger partial charge on any atom is 0.231 e. The summed E-state index contributed by atoms with van der Waals surface area (Å²) in [5, 5.41) is 14.8. The van der Waals surface area contributed by atoms with Crippen LogP contribution in [0.15, 0.2) is 42.5 Å². The van der Waals surface area contributed by atoms with Crippen LogP contribution >= 0.6 is 11.6 Å².